The van der Waals surface area contributed by atoms with E-state index in [2.05, 4.69) is 15.6 Å². The van der Waals surface area contributed by atoms with Crippen LogP contribution in [0.1, 0.15) is 49.7 Å². The highest BCUT2D eigenvalue weighted by molar-refractivity contribution is 5.99. The lowest BCUT2D eigenvalue weighted by atomic mass is 10.0. The molecule has 3 aromatic rings. The molecule has 2 aromatic carbocycles. The molecule has 0 aliphatic heterocycles. The van der Waals surface area contributed by atoms with Gasteiger partial charge in [0.2, 0.25) is 5.91 Å². The van der Waals surface area contributed by atoms with Gasteiger partial charge in [0.1, 0.15) is 11.8 Å². The first-order valence-corrected chi connectivity index (χ1v) is 10.8. The number of hydrogen-bond donors (Lipinski definition) is 2. The maximum atomic E-state index is 13.0. The van der Waals surface area contributed by atoms with Gasteiger partial charge in [0.15, 0.2) is 0 Å². The number of carbonyl (C=O) groups is 2. The Bertz CT molecular complexity index is 1030. The summed E-state index contributed by atoms with van der Waals surface area (Å²) in [5, 5.41) is 5.90. The Kier molecular flexibility index (Phi) is 7.65. The van der Waals surface area contributed by atoms with Crippen LogP contribution in [0.25, 0.3) is 5.69 Å². The normalized spacial score (nSPS) is 12.8. The molecule has 3 rings (SSSR count). The molecule has 2 amide bonds. The molecule has 2 atom stereocenters. The summed E-state index contributed by atoms with van der Waals surface area (Å²) in [4.78, 5) is 30.0. The molecule has 1 aromatic heterocycles. The van der Waals surface area contributed by atoms with Gasteiger partial charge in [-0.05, 0) is 49.6 Å². The Labute approximate surface area is 188 Å². The minimum atomic E-state index is -0.676. The monoisotopic (exact) mass is 434 g/mol. The molecule has 1 heterocycles. The molecule has 0 aliphatic rings. The molecule has 32 heavy (non-hydrogen) atoms. The fourth-order valence-electron chi connectivity index (χ4n) is 3.42. The zero-order chi connectivity index (χ0) is 23.1. The third-order valence-corrected chi connectivity index (χ3v) is 5.22. The summed E-state index contributed by atoms with van der Waals surface area (Å²) in [5.74, 6) is -0.149. The van der Waals surface area contributed by atoms with Crippen molar-refractivity contribution in [3.8, 4) is 11.4 Å². The van der Waals surface area contributed by atoms with Gasteiger partial charge in [0.05, 0.1) is 24.5 Å². The maximum Gasteiger partial charge on any atom is 0.255 e. The topological polar surface area (TPSA) is 85.2 Å². The molecule has 0 saturated carbocycles. The molecule has 168 valence electrons. The Balaban J connectivity index is 1.68. The SMILES string of the molecule is CCOc1ccccc1C(=O)NC(C(=O)NC(C)c1ccc(-n2ccnc2)cc1)C(C)C. The van der Waals surface area contributed by atoms with E-state index in [9.17, 15) is 9.59 Å². The molecule has 0 fully saturated rings. The summed E-state index contributed by atoms with van der Waals surface area (Å²) in [6, 6.07) is 14.0. The average Bonchev–Trinajstić information content (AvgIpc) is 3.32. The van der Waals surface area contributed by atoms with E-state index in [1.165, 1.54) is 0 Å². The fourth-order valence-corrected chi connectivity index (χ4v) is 3.42. The van der Waals surface area contributed by atoms with Crippen LogP contribution >= 0.6 is 0 Å². The van der Waals surface area contributed by atoms with Crippen molar-refractivity contribution in [1.82, 2.24) is 20.2 Å². The molecule has 7 nitrogen and oxygen atoms in total. The summed E-state index contributed by atoms with van der Waals surface area (Å²) >= 11 is 0. The van der Waals surface area contributed by atoms with Crippen molar-refractivity contribution in [1.29, 1.82) is 0 Å². The van der Waals surface area contributed by atoms with Crippen molar-refractivity contribution in [3.05, 3.63) is 78.4 Å². The van der Waals surface area contributed by atoms with Gasteiger partial charge >= 0.3 is 0 Å². The standard InChI is InChI=1S/C25H30N4O3/c1-5-32-22-9-7-6-8-21(22)24(30)28-23(17(2)3)25(31)27-18(4)19-10-12-20(13-11-19)29-15-14-26-16-29/h6-18,23H,5H2,1-4H3,(H,27,31)(H,28,30). The number of imidazole rings is 1. The van der Waals surface area contributed by atoms with Crippen LogP contribution in [-0.4, -0.2) is 34.0 Å². The van der Waals surface area contributed by atoms with Gasteiger partial charge < -0.3 is 19.9 Å². The number of nitrogens with one attached hydrogen (secondary N) is 2. The molecular weight excluding hydrogens is 404 g/mol. The van der Waals surface area contributed by atoms with Crippen LogP contribution in [0.3, 0.4) is 0 Å². The third kappa shape index (κ3) is 5.55. The van der Waals surface area contributed by atoms with Gasteiger partial charge in [-0.2, -0.15) is 0 Å². The number of hydrogen-bond acceptors (Lipinski definition) is 4. The zero-order valence-electron chi connectivity index (χ0n) is 18.9. The Morgan fingerprint density at radius 2 is 1.75 bits per heavy atom. The van der Waals surface area contributed by atoms with Crippen molar-refractivity contribution < 1.29 is 14.3 Å². The van der Waals surface area contributed by atoms with Crippen LogP contribution in [0.4, 0.5) is 0 Å². The lowest BCUT2D eigenvalue weighted by Crippen LogP contribution is -2.50. The quantitative estimate of drug-likeness (QED) is 0.535. The maximum absolute atomic E-state index is 13.0. The lowest BCUT2D eigenvalue weighted by Gasteiger charge is -2.24. The molecule has 2 N–H and O–H groups in total. The van der Waals surface area contributed by atoms with Crippen LogP contribution in [0.2, 0.25) is 0 Å². The van der Waals surface area contributed by atoms with Gasteiger partial charge in [-0.3, -0.25) is 9.59 Å². The van der Waals surface area contributed by atoms with Crippen LogP contribution in [0.5, 0.6) is 5.75 Å². The molecule has 0 bridgehead atoms. The smallest absolute Gasteiger partial charge is 0.255 e. The Morgan fingerprint density at radius 3 is 2.38 bits per heavy atom. The van der Waals surface area contributed by atoms with Crippen molar-refractivity contribution in [2.75, 3.05) is 6.61 Å². The van der Waals surface area contributed by atoms with Gasteiger partial charge in [-0.25, -0.2) is 4.98 Å². The summed E-state index contributed by atoms with van der Waals surface area (Å²) in [6.45, 7) is 8.05. The molecule has 2 unspecified atom stereocenters. The van der Waals surface area contributed by atoms with E-state index in [-0.39, 0.29) is 23.8 Å². The first kappa shape index (κ1) is 23.1. The molecule has 0 radical (unpaired) electrons. The minimum Gasteiger partial charge on any atom is -0.493 e. The first-order valence-electron chi connectivity index (χ1n) is 10.8. The number of aromatic nitrogens is 2. The third-order valence-electron chi connectivity index (χ3n) is 5.22. The predicted octanol–water partition coefficient (Wildman–Crippen LogP) is 3.90. The highest BCUT2D eigenvalue weighted by Gasteiger charge is 2.27. The number of nitrogens with zero attached hydrogens (tertiary/aromatic N) is 2. The number of para-hydroxylation sites is 1. The van der Waals surface area contributed by atoms with Crippen LogP contribution in [0.15, 0.2) is 67.3 Å². The summed E-state index contributed by atoms with van der Waals surface area (Å²) in [6.07, 6.45) is 5.34. The highest BCUT2D eigenvalue weighted by atomic mass is 16.5. The molecule has 7 heteroatoms. The van der Waals surface area contributed by atoms with Gasteiger partial charge in [0.25, 0.3) is 5.91 Å². The predicted molar refractivity (Wildman–Crippen MR) is 124 cm³/mol. The second-order valence-corrected chi connectivity index (χ2v) is 7.92. The van der Waals surface area contributed by atoms with E-state index >= 15 is 0 Å². The summed E-state index contributed by atoms with van der Waals surface area (Å²) in [7, 11) is 0. The summed E-state index contributed by atoms with van der Waals surface area (Å²) in [5.41, 5.74) is 2.37. The van der Waals surface area contributed by atoms with Gasteiger partial charge in [-0.1, -0.05) is 38.1 Å². The minimum absolute atomic E-state index is 0.0889. The van der Waals surface area contributed by atoms with Crippen LogP contribution < -0.4 is 15.4 Å². The van der Waals surface area contributed by atoms with Crippen molar-refractivity contribution in [2.45, 2.75) is 39.8 Å². The van der Waals surface area contributed by atoms with Crippen molar-refractivity contribution in [3.63, 3.8) is 0 Å². The molecule has 0 aliphatic carbocycles. The van der Waals surface area contributed by atoms with Crippen molar-refractivity contribution >= 4 is 11.8 Å². The van der Waals surface area contributed by atoms with Crippen LogP contribution in [0, 0.1) is 5.92 Å². The number of amides is 2. The Hall–Kier alpha value is -3.61. The second-order valence-electron chi connectivity index (χ2n) is 7.92. The highest BCUT2D eigenvalue weighted by Crippen LogP contribution is 2.19. The number of rotatable bonds is 9. The molecule has 0 saturated heterocycles. The van der Waals surface area contributed by atoms with E-state index in [1.807, 2.05) is 68.8 Å². The lowest BCUT2D eigenvalue weighted by molar-refractivity contribution is -0.124. The summed E-state index contributed by atoms with van der Waals surface area (Å²) < 4.78 is 7.47. The van der Waals surface area contributed by atoms with E-state index < -0.39 is 6.04 Å². The second kappa shape index (κ2) is 10.6. The van der Waals surface area contributed by atoms with Crippen LogP contribution in [-0.2, 0) is 4.79 Å². The fraction of sp³-hybridized carbons (Fsp3) is 0.320. The number of carbonyl (C=O) groups excluding carboxylic acids is 2. The number of benzene rings is 2. The van der Waals surface area contributed by atoms with E-state index in [4.69, 9.17) is 4.74 Å². The molecular formula is C25H30N4O3. The number of ether oxygens (including phenoxy) is 1. The largest absolute Gasteiger partial charge is 0.493 e. The zero-order valence-corrected chi connectivity index (χ0v) is 18.9. The average molecular weight is 435 g/mol. The van der Waals surface area contributed by atoms with Gasteiger partial charge in [0, 0.05) is 18.1 Å². The van der Waals surface area contributed by atoms with E-state index in [0.29, 0.717) is 17.9 Å². The first-order chi connectivity index (χ1) is 15.4. The Morgan fingerprint density at radius 1 is 1.03 bits per heavy atom. The van der Waals surface area contributed by atoms with Gasteiger partial charge in [-0.15, -0.1) is 0 Å². The van der Waals surface area contributed by atoms with Crippen molar-refractivity contribution in [2.24, 2.45) is 5.92 Å². The van der Waals surface area contributed by atoms with E-state index in [1.54, 1.807) is 30.7 Å². The van der Waals surface area contributed by atoms with E-state index in [0.717, 1.165) is 11.3 Å². The molecule has 0 spiro atoms.